The number of hydrogen-bond acceptors (Lipinski definition) is 1. The Labute approximate surface area is 59.6 Å². The van der Waals surface area contributed by atoms with Crippen LogP contribution in [0.2, 0.25) is 0 Å². The zero-order valence-corrected chi connectivity index (χ0v) is 6.26. The van der Waals surface area contributed by atoms with Crippen molar-refractivity contribution >= 4 is 11.8 Å². The van der Waals surface area contributed by atoms with Gasteiger partial charge in [0, 0.05) is 30.1 Å². The lowest BCUT2D eigenvalue weighted by Gasteiger charge is -2.00. The molecule has 9 heavy (non-hydrogen) atoms. The van der Waals surface area contributed by atoms with Crippen molar-refractivity contribution in [3.8, 4) is 0 Å². The first-order valence-electron chi connectivity index (χ1n) is 2.91. The van der Waals surface area contributed by atoms with Crippen LogP contribution in [-0.2, 0) is 0 Å². The maximum absolute atomic E-state index is 5.69. The van der Waals surface area contributed by atoms with Crippen molar-refractivity contribution < 1.29 is 0 Å². The van der Waals surface area contributed by atoms with Crippen LogP contribution < -0.4 is 0 Å². The summed E-state index contributed by atoms with van der Waals surface area (Å²) in [4.78, 5) is 4.05. The second-order valence-corrected chi connectivity index (χ2v) is 2.62. The van der Waals surface area contributed by atoms with E-state index in [4.69, 9.17) is 11.8 Å². The Balaban J connectivity index is 2.94. The van der Waals surface area contributed by atoms with Crippen LogP contribution in [0, 0.1) is 0 Å². The number of imidazole rings is 1. The zero-order chi connectivity index (χ0) is 6.85. The first kappa shape index (κ1) is 6.62. The molecule has 0 amide bonds. The van der Waals surface area contributed by atoms with E-state index < -0.39 is 0 Å². The quantitative estimate of drug-likeness (QED) is 0.590. The monoisotopic (exact) mass is 144 g/mol. The van der Waals surface area contributed by atoms with Gasteiger partial charge in [0.1, 0.15) is 5.82 Å². The van der Waals surface area contributed by atoms with Crippen LogP contribution in [0.4, 0.5) is 0 Å². The molecule has 2 nitrogen and oxygen atoms in total. The van der Waals surface area contributed by atoms with Gasteiger partial charge in [0.15, 0.2) is 0 Å². The van der Waals surface area contributed by atoms with Crippen LogP contribution in [0.3, 0.4) is 0 Å². The highest BCUT2D eigenvalue weighted by molar-refractivity contribution is 6.15. The molecule has 0 bridgehead atoms. The van der Waals surface area contributed by atoms with Crippen molar-refractivity contribution in [3.63, 3.8) is 0 Å². The molecule has 1 heterocycles. The summed E-state index contributed by atoms with van der Waals surface area (Å²) in [5.74, 6) is 1.31. The number of rotatable bonds is 1. The number of aromatic nitrogens is 2. The Morgan fingerprint density at radius 1 is 1.67 bits per heavy atom. The van der Waals surface area contributed by atoms with Crippen LogP contribution in [0.5, 0.6) is 0 Å². The molecule has 0 saturated heterocycles. The maximum atomic E-state index is 5.69. The van der Waals surface area contributed by atoms with E-state index in [-0.39, 0.29) is 0 Å². The smallest absolute Gasteiger partial charge is 0.126 e. The van der Waals surface area contributed by atoms with Crippen LogP contribution in [0.15, 0.2) is 12.4 Å². The minimum atomic E-state index is 0.400. The largest absolute Gasteiger partial charge is 0.246 e. The molecule has 0 unspecified atom stereocenters. The molecule has 50 valence electrons. The van der Waals surface area contributed by atoms with Crippen molar-refractivity contribution in [1.29, 1.82) is 0 Å². The summed E-state index contributed by atoms with van der Waals surface area (Å²) in [6, 6.07) is 0. The molecule has 1 rings (SSSR count). The second-order valence-electron chi connectivity index (χ2n) is 2.25. The number of hydrogen-bond donors (Lipinski definition) is 0. The molecule has 1 aromatic heterocycles. The fourth-order valence-electron chi connectivity index (χ4n) is 0.695. The molecule has 0 aliphatic rings. The highest BCUT2D eigenvalue weighted by Gasteiger charge is 2.03. The molecule has 0 saturated carbocycles. The van der Waals surface area contributed by atoms with E-state index >= 15 is 0 Å². The molecular weight excluding hydrogens is 136 g/mol. The standard InChI is InChI=1S/C6H9ClN2/c1-5(2)6-8-3-4-9(6)7/h3-5H,1-2H3. The lowest BCUT2D eigenvalue weighted by atomic mass is 10.2. The van der Waals surface area contributed by atoms with Crippen molar-refractivity contribution in [2.24, 2.45) is 0 Å². The predicted molar refractivity (Wildman–Crippen MR) is 37.6 cm³/mol. The Bertz CT molecular complexity index is 193. The topological polar surface area (TPSA) is 17.8 Å². The van der Waals surface area contributed by atoms with Gasteiger partial charge in [0.05, 0.1) is 0 Å². The van der Waals surface area contributed by atoms with Crippen LogP contribution in [0.25, 0.3) is 0 Å². The minimum absolute atomic E-state index is 0.400. The van der Waals surface area contributed by atoms with E-state index in [1.165, 1.54) is 4.09 Å². The van der Waals surface area contributed by atoms with Gasteiger partial charge >= 0.3 is 0 Å². The maximum Gasteiger partial charge on any atom is 0.126 e. The van der Waals surface area contributed by atoms with E-state index in [1.54, 1.807) is 12.4 Å². The summed E-state index contributed by atoms with van der Waals surface area (Å²) in [5.41, 5.74) is 0. The molecule has 0 aliphatic heterocycles. The van der Waals surface area contributed by atoms with Gasteiger partial charge in [-0.05, 0) is 0 Å². The average molecular weight is 145 g/mol. The molecule has 3 heteroatoms. The molecular formula is C6H9ClN2. The molecule has 0 spiro atoms. The highest BCUT2D eigenvalue weighted by atomic mass is 35.5. The van der Waals surface area contributed by atoms with Crippen molar-refractivity contribution in [1.82, 2.24) is 9.07 Å². The normalized spacial score (nSPS) is 10.7. The molecule has 0 atom stereocenters. The molecule has 0 N–H and O–H groups in total. The molecule has 0 aromatic carbocycles. The van der Waals surface area contributed by atoms with Crippen molar-refractivity contribution in [2.45, 2.75) is 19.8 Å². The van der Waals surface area contributed by atoms with Gasteiger partial charge in [0.2, 0.25) is 0 Å². The predicted octanol–water partition coefficient (Wildman–Crippen LogP) is 2.01. The minimum Gasteiger partial charge on any atom is -0.246 e. The van der Waals surface area contributed by atoms with Crippen LogP contribution in [-0.4, -0.2) is 9.07 Å². The van der Waals surface area contributed by atoms with Gasteiger partial charge in [-0.1, -0.05) is 13.8 Å². The van der Waals surface area contributed by atoms with Gasteiger partial charge < -0.3 is 0 Å². The average Bonchev–Trinajstić information content (AvgIpc) is 2.13. The summed E-state index contributed by atoms with van der Waals surface area (Å²) in [6.07, 6.45) is 3.43. The molecule has 0 radical (unpaired) electrons. The summed E-state index contributed by atoms with van der Waals surface area (Å²) < 4.78 is 1.52. The zero-order valence-electron chi connectivity index (χ0n) is 5.50. The fraction of sp³-hybridized carbons (Fsp3) is 0.500. The third kappa shape index (κ3) is 1.24. The van der Waals surface area contributed by atoms with Crippen LogP contribution in [0.1, 0.15) is 25.6 Å². The van der Waals surface area contributed by atoms with Gasteiger partial charge in [-0.2, -0.15) is 0 Å². The summed E-state index contributed by atoms with van der Waals surface area (Å²) >= 11 is 5.69. The highest BCUT2D eigenvalue weighted by Crippen LogP contribution is 2.11. The van der Waals surface area contributed by atoms with E-state index in [2.05, 4.69) is 18.8 Å². The Hall–Kier alpha value is -0.500. The first-order valence-corrected chi connectivity index (χ1v) is 3.25. The van der Waals surface area contributed by atoms with Gasteiger partial charge in [-0.15, -0.1) is 0 Å². The summed E-state index contributed by atoms with van der Waals surface area (Å²) in [6.45, 7) is 4.11. The Kier molecular flexibility index (Phi) is 1.76. The van der Waals surface area contributed by atoms with E-state index in [0.29, 0.717) is 5.92 Å². The van der Waals surface area contributed by atoms with Gasteiger partial charge in [-0.3, -0.25) is 0 Å². The van der Waals surface area contributed by atoms with E-state index in [0.717, 1.165) is 5.82 Å². The molecule has 0 fully saturated rings. The van der Waals surface area contributed by atoms with E-state index in [1.807, 2.05) is 0 Å². The van der Waals surface area contributed by atoms with Crippen molar-refractivity contribution in [2.75, 3.05) is 0 Å². The summed E-state index contributed by atoms with van der Waals surface area (Å²) in [5, 5.41) is 0. The van der Waals surface area contributed by atoms with Crippen LogP contribution >= 0.6 is 11.8 Å². The lowest BCUT2D eigenvalue weighted by molar-refractivity contribution is 0.777. The molecule has 0 aliphatic carbocycles. The number of halogens is 1. The second kappa shape index (κ2) is 2.40. The SMILES string of the molecule is CC(C)c1nccn1Cl. The van der Waals surface area contributed by atoms with Crippen molar-refractivity contribution in [3.05, 3.63) is 18.2 Å². The van der Waals surface area contributed by atoms with Gasteiger partial charge in [0.25, 0.3) is 0 Å². The van der Waals surface area contributed by atoms with Gasteiger partial charge in [-0.25, -0.2) is 9.07 Å². The Morgan fingerprint density at radius 3 is 2.56 bits per heavy atom. The third-order valence-corrected chi connectivity index (χ3v) is 1.43. The lowest BCUT2D eigenvalue weighted by Crippen LogP contribution is -1.93. The van der Waals surface area contributed by atoms with E-state index in [9.17, 15) is 0 Å². The fourth-order valence-corrected chi connectivity index (χ4v) is 0.985. The Morgan fingerprint density at radius 2 is 2.33 bits per heavy atom. The number of nitrogens with zero attached hydrogens (tertiary/aromatic N) is 2. The first-order chi connectivity index (χ1) is 4.22. The third-order valence-electron chi connectivity index (χ3n) is 1.14. The summed E-state index contributed by atoms with van der Waals surface area (Å²) in [7, 11) is 0. The molecule has 1 aromatic rings.